The summed E-state index contributed by atoms with van der Waals surface area (Å²) >= 11 is 9.34. The lowest BCUT2D eigenvalue weighted by Gasteiger charge is -2.09. The van der Waals surface area contributed by atoms with Crippen LogP contribution in [0.3, 0.4) is 0 Å². The number of benzene rings is 2. The summed E-state index contributed by atoms with van der Waals surface area (Å²) in [5.41, 5.74) is 1.64. The number of nitrogens with zero attached hydrogens (tertiary/aromatic N) is 1. The Bertz CT molecular complexity index is 634. The van der Waals surface area contributed by atoms with E-state index in [2.05, 4.69) is 15.9 Å². The topological polar surface area (TPSA) is 52.4 Å². The number of rotatable bonds is 5. The lowest BCUT2D eigenvalue weighted by atomic mass is 10.2. The minimum atomic E-state index is -0.458. The van der Waals surface area contributed by atoms with Crippen molar-refractivity contribution in [1.29, 1.82) is 0 Å². The molecule has 0 aliphatic rings. The third-order valence-electron chi connectivity index (χ3n) is 2.72. The SMILES string of the molecule is O=[N+]([O-])c1ccc(CBr)cc1OCc1ccccc1Cl. The Morgan fingerprint density at radius 2 is 2.00 bits per heavy atom. The average molecular weight is 357 g/mol. The van der Waals surface area contributed by atoms with Crippen molar-refractivity contribution in [3.8, 4) is 5.75 Å². The van der Waals surface area contributed by atoms with Gasteiger partial charge in [0.15, 0.2) is 5.75 Å². The van der Waals surface area contributed by atoms with Crippen LogP contribution in [0, 0.1) is 10.1 Å². The number of ether oxygens (including phenoxy) is 1. The van der Waals surface area contributed by atoms with E-state index in [9.17, 15) is 10.1 Å². The molecular formula is C14H11BrClNO3. The highest BCUT2D eigenvalue weighted by Crippen LogP contribution is 2.30. The second-order valence-electron chi connectivity index (χ2n) is 4.07. The van der Waals surface area contributed by atoms with Crippen molar-refractivity contribution in [1.82, 2.24) is 0 Å². The standard InChI is InChI=1S/C14H11BrClNO3/c15-8-10-5-6-13(17(18)19)14(7-10)20-9-11-3-1-2-4-12(11)16/h1-7H,8-9H2. The Morgan fingerprint density at radius 1 is 1.25 bits per heavy atom. The highest BCUT2D eigenvalue weighted by atomic mass is 79.9. The summed E-state index contributed by atoms with van der Waals surface area (Å²) in [6.07, 6.45) is 0. The molecular weight excluding hydrogens is 346 g/mol. The predicted octanol–water partition coefficient (Wildman–Crippen LogP) is 4.72. The fourth-order valence-corrected chi connectivity index (χ4v) is 2.22. The Hall–Kier alpha value is -1.59. The number of hydrogen-bond acceptors (Lipinski definition) is 3. The van der Waals surface area contributed by atoms with Crippen molar-refractivity contribution in [3.63, 3.8) is 0 Å². The summed E-state index contributed by atoms with van der Waals surface area (Å²) in [6, 6.07) is 12.0. The predicted molar refractivity (Wildman–Crippen MR) is 81.5 cm³/mol. The van der Waals surface area contributed by atoms with Crippen LogP contribution in [0.25, 0.3) is 0 Å². The molecule has 0 radical (unpaired) electrons. The van der Waals surface area contributed by atoms with E-state index < -0.39 is 4.92 Å². The van der Waals surface area contributed by atoms with Gasteiger partial charge in [-0.3, -0.25) is 10.1 Å². The smallest absolute Gasteiger partial charge is 0.310 e. The van der Waals surface area contributed by atoms with Crippen molar-refractivity contribution >= 4 is 33.2 Å². The zero-order chi connectivity index (χ0) is 14.5. The Balaban J connectivity index is 2.24. The van der Waals surface area contributed by atoms with E-state index in [1.54, 1.807) is 18.2 Å². The Labute approximate surface area is 129 Å². The van der Waals surface area contributed by atoms with Crippen LogP contribution in [-0.4, -0.2) is 4.92 Å². The molecule has 0 aliphatic carbocycles. The fourth-order valence-electron chi connectivity index (χ4n) is 1.68. The molecule has 0 fully saturated rings. The molecule has 4 nitrogen and oxygen atoms in total. The van der Waals surface area contributed by atoms with E-state index >= 15 is 0 Å². The van der Waals surface area contributed by atoms with Gasteiger partial charge in [-0.1, -0.05) is 51.8 Å². The van der Waals surface area contributed by atoms with Crippen LogP contribution in [0.4, 0.5) is 5.69 Å². The van der Waals surface area contributed by atoms with Gasteiger partial charge in [-0.15, -0.1) is 0 Å². The third-order valence-corrected chi connectivity index (χ3v) is 3.73. The quantitative estimate of drug-likeness (QED) is 0.442. The van der Waals surface area contributed by atoms with Gasteiger partial charge >= 0.3 is 5.69 Å². The molecule has 104 valence electrons. The van der Waals surface area contributed by atoms with Crippen LogP contribution in [-0.2, 0) is 11.9 Å². The average Bonchev–Trinajstić information content (AvgIpc) is 2.46. The zero-order valence-electron chi connectivity index (χ0n) is 10.4. The van der Waals surface area contributed by atoms with E-state index in [1.807, 2.05) is 18.2 Å². The summed E-state index contributed by atoms with van der Waals surface area (Å²) in [4.78, 5) is 10.5. The van der Waals surface area contributed by atoms with Crippen LogP contribution < -0.4 is 4.74 Å². The third kappa shape index (κ3) is 3.49. The van der Waals surface area contributed by atoms with Gasteiger partial charge in [-0.05, 0) is 17.7 Å². The number of nitro benzene ring substituents is 1. The first-order valence-corrected chi connectivity index (χ1v) is 7.31. The van der Waals surface area contributed by atoms with Gasteiger partial charge in [-0.2, -0.15) is 0 Å². The van der Waals surface area contributed by atoms with Crippen molar-refractivity contribution in [3.05, 3.63) is 68.7 Å². The van der Waals surface area contributed by atoms with Gasteiger partial charge in [0.1, 0.15) is 6.61 Å². The monoisotopic (exact) mass is 355 g/mol. The van der Waals surface area contributed by atoms with Crippen LogP contribution in [0.2, 0.25) is 5.02 Å². The number of hydrogen-bond donors (Lipinski definition) is 0. The molecule has 0 bridgehead atoms. The number of halogens is 2. The minimum Gasteiger partial charge on any atom is -0.482 e. The highest BCUT2D eigenvalue weighted by molar-refractivity contribution is 9.08. The largest absolute Gasteiger partial charge is 0.482 e. The lowest BCUT2D eigenvalue weighted by molar-refractivity contribution is -0.386. The molecule has 0 atom stereocenters. The lowest BCUT2D eigenvalue weighted by Crippen LogP contribution is -2.00. The van der Waals surface area contributed by atoms with Gasteiger partial charge in [0.25, 0.3) is 0 Å². The second-order valence-corrected chi connectivity index (χ2v) is 5.04. The van der Waals surface area contributed by atoms with Crippen molar-refractivity contribution < 1.29 is 9.66 Å². The van der Waals surface area contributed by atoms with E-state index in [1.165, 1.54) is 6.07 Å². The summed E-state index contributed by atoms with van der Waals surface area (Å²) in [7, 11) is 0. The first-order chi connectivity index (χ1) is 9.61. The normalized spacial score (nSPS) is 10.3. The molecule has 0 saturated heterocycles. The molecule has 2 aromatic rings. The number of alkyl halides is 1. The molecule has 20 heavy (non-hydrogen) atoms. The summed E-state index contributed by atoms with van der Waals surface area (Å²) in [5, 5.41) is 12.2. The minimum absolute atomic E-state index is 0.0539. The first kappa shape index (κ1) is 14.8. The van der Waals surface area contributed by atoms with Gasteiger partial charge < -0.3 is 4.74 Å². The van der Waals surface area contributed by atoms with Crippen molar-refractivity contribution in [2.75, 3.05) is 0 Å². The van der Waals surface area contributed by atoms with Crippen LogP contribution in [0.1, 0.15) is 11.1 Å². The molecule has 6 heteroatoms. The Morgan fingerprint density at radius 3 is 2.65 bits per heavy atom. The van der Waals surface area contributed by atoms with Gasteiger partial charge in [0.2, 0.25) is 0 Å². The molecule has 2 aromatic carbocycles. The van der Waals surface area contributed by atoms with E-state index in [4.69, 9.17) is 16.3 Å². The second kappa shape index (κ2) is 6.72. The van der Waals surface area contributed by atoms with Crippen LogP contribution >= 0.6 is 27.5 Å². The molecule has 0 aromatic heterocycles. The van der Waals surface area contributed by atoms with Crippen LogP contribution in [0.15, 0.2) is 42.5 Å². The van der Waals surface area contributed by atoms with Crippen LogP contribution in [0.5, 0.6) is 5.75 Å². The zero-order valence-corrected chi connectivity index (χ0v) is 12.7. The maximum absolute atomic E-state index is 11.0. The van der Waals surface area contributed by atoms with Gasteiger partial charge in [0.05, 0.1) is 4.92 Å². The highest BCUT2D eigenvalue weighted by Gasteiger charge is 2.16. The maximum atomic E-state index is 11.0. The molecule has 0 amide bonds. The van der Waals surface area contributed by atoms with E-state index in [0.717, 1.165) is 11.1 Å². The molecule has 0 heterocycles. The van der Waals surface area contributed by atoms with Crippen molar-refractivity contribution in [2.45, 2.75) is 11.9 Å². The maximum Gasteiger partial charge on any atom is 0.310 e. The molecule has 0 aliphatic heterocycles. The summed E-state index contributed by atoms with van der Waals surface area (Å²) in [6.45, 7) is 0.187. The molecule has 0 unspecified atom stereocenters. The van der Waals surface area contributed by atoms with E-state index in [0.29, 0.717) is 10.4 Å². The van der Waals surface area contributed by atoms with Crippen molar-refractivity contribution in [2.24, 2.45) is 0 Å². The Kier molecular flexibility index (Phi) is 4.98. The summed E-state index contributed by atoms with van der Waals surface area (Å²) in [5.74, 6) is 0.242. The fraction of sp³-hybridized carbons (Fsp3) is 0.143. The molecule has 0 N–H and O–H groups in total. The van der Waals surface area contributed by atoms with Gasteiger partial charge in [-0.25, -0.2) is 0 Å². The number of nitro groups is 1. The summed E-state index contributed by atoms with van der Waals surface area (Å²) < 4.78 is 5.56. The first-order valence-electron chi connectivity index (χ1n) is 5.81. The molecule has 2 rings (SSSR count). The molecule has 0 spiro atoms. The van der Waals surface area contributed by atoms with E-state index in [-0.39, 0.29) is 18.0 Å². The van der Waals surface area contributed by atoms with Gasteiger partial charge in [0, 0.05) is 22.0 Å². The molecule has 0 saturated carbocycles.